The number of aliphatic imine (C=N–C) groups is 2. The van der Waals surface area contributed by atoms with E-state index in [1.165, 1.54) is 43.1 Å². The molecule has 0 saturated carbocycles. The molecule has 2 aliphatic heterocycles. The van der Waals surface area contributed by atoms with E-state index in [1.54, 1.807) is 35.3 Å². The summed E-state index contributed by atoms with van der Waals surface area (Å²) in [5.74, 6) is 2.65. The summed E-state index contributed by atoms with van der Waals surface area (Å²) in [4.78, 5) is 34.5. The summed E-state index contributed by atoms with van der Waals surface area (Å²) in [7, 11) is 0. The van der Waals surface area contributed by atoms with Gasteiger partial charge in [-0.3, -0.25) is 14.7 Å². The number of aliphatic hydroxyl groups excluding tert-OH is 1. The Morgan fingerprint density at radius 2 is 1.38 bits per heavy atom. The molecule has 5 aromatic heterocycles. The van der Waals surface area contributed by atoms with E-state index in [9.17, 15) is 5.11 Å². The highest BCUT2D eigenvalue weighted by Crippen LogP contribution is 2.42. The second kappa shape index (κ2) is 15.7. The first-order valence-electron chi connectivity index (χ1n) is 19.4. The lowest BCUT2D eigenvalue weighted by Crippen LogP contribution is -2.19. The van der Waals surface area contributed by atoms with Gasteiger partial charge in [0.05, 0.1) is 36.7 Å². The Balaban J connectivity index is 0.000000142. The number of hydrogen-bond donors (Lipinski definition) is 3. The van der Waals surface area contributed by atoms with Crippen LogP contribution in [0.2, 0.25) is 0 Å². The van der Waals surface area contributed by atoms with Crippen LogP contribution < -0.4 is 10.6 Å². The molecule has 4 aliphatic rings. The van der Waals surface area contributed by atoms with Crippen molar-refractivity contribution in [2.24, 2.45) is 26.9 Å². The second-order valence-corrected chi connectivity index (χ2v) is 17.2. The average Bonchev–Trinajstić information content (AvgIpc) is 4.09. The molecule has 2 aliphatic carbocycles. The standard InChI is InChI=1S/C22H21N7OS.C19H17N7S/c30-11-17-10-29(28-27-17)9-13-1-4-18-19(5-13)31-22-20(18)21(24-12-25-22)26-16-3-2-14-7-23-8-15(14)6-16;20-26-24-7-11-1-4-15-16(5-11)27-19-17(15)18(22-10-23-19)25-14-3-2-12-8-21-9-13(12)6-14/h2-3,6,8,10,12-13,30H,1,4-5,7,9,11H2,(H,24,25,26);2-3,6,9-11H,1,4-5,7-8H2,(H,22,23,25)/t13-;11-/m11/s1. The molecule has 15 nitrogen and oxygen atoms in total. The van der Waals surface area contributed by atoms with Gasteiger partial charge in [0.25, 0.3) is 0 Å². The minimum absolute atomic E-state index is 0.0728. The fraction of sp³-hybridized carbons (Fsp3) is 0.317. The van der Waals surface area contributed by atoms with Crippen LogP contribution >= 0.6 is 22.7 Å². The number of aromatic nitrogens is 7. The molecule has 2 aromatic carbocycles. The number of nitrogens with zero attached hydrogens (tertiary/aromatic N) is 12. The molecule has 0 unspecified atom stereocenters. The van der Waals surface area contributed by atoms with Crippen LogP contribution in [0.3, 0.4) is 0 Å². The highest BCUT2D eigenvalue weighted by Gasteiger charge is 2.27. The van der Waals surface area contributed by atoms with Crippen molar-refractivity contribution in [3.05, 3.63) is 115 Å². The largest absolute Gasteiger partial charge is 0.390 e. The molecule has 0 amide bonds. The molecule has 58 heavy (non-hydrogen) atoms. The third-order valence-corrected chi connectivity index (χ3v) is 13.6. The van der Waals surface area contributed by atoms with Gasteiger partial charge in [0.15, 0.2) is 0 Å². The van der Waals surface area contributed by atoms with Gasteiger partial charge >= 0.3 is 0 Å². The maximum Gasteiger partial charge on any atom is 0.142 e. The third kappa shape index (κ3) is 7.17. The van der Waals surface area contributed by atoms with E-state index in [4.69, 9.17) is 5.53 Å². The molecule has 0 radical (unpaired) electrons. The van der Waals surface area contributed by atoms with Crippen LogP contribution in [0.4, 0.5) is 23.0 Å². The summed E-state index contributed by atoms with van der Waals surface area (Å²) in [6.07, 6.45) is 15.0. The third-order valence-electron chi connectivity index (χ3n) is 11.3. The van der Waals surface area contributed by atoms with Crippen molar-refractivity contribution in [1.82, 2.24) is 34.9 Å². The van der Waals surface area contributed by atoms with Gasteiger partial charge in [0.1, 0.15) is 39.6 Å². The molecule has 290 valence electrons. The second-order valence-electron chi connectivity index (χ2n) is 15.1. The lowest BCUT2D eigenvalue weighted by Gasteiger charge is -2.22. The smallest absolute Gasteiger partial charge is 0.142 e. The van der Waals surface area contributed by atoms with Crippen molar-refractivity contribution >= 4 is 78.5 Å². The zero-order valence-electron chi connectivity index (χ0n) is 31.4. The van der Waals surface area contributed by atoms with Gasteiger partial charge in [-0.25, -0.2) is 19.9 Å². The lowest BCUT2D eigenvalue weighted by atomic mass is 9.88. The first-order valence-corrected chi connectivity index (χ1v) is 21.0. The van der Waals surface area contributed by atoms with E-state index in [-0.39, 0.29) is 6.61 Å². The van der Waals surface area contributed by atoms with Gasteiger partial charge in [0.2, 0.25) is 0 Å². The van der Waals surface area contributed by atoms with Gasteiger partial charge < -0.3 is 15.7 Å². The van der Waals surface area contributed by atoms with E-state index < -0.39 is 0 Å². The molecule has 0 spiro atoms. The summed E-state index contributed by atoms with van der Waals surface area (Å²) in [5, 5.41) is 30.4. The van der Waals surface area contributed by atoms with Crippen LogP contribution in [-0.2, 0) is 51.9 Å². The molecule has 2 atom stereocenters. The lowest BCUT2D eigenvalue weighted by molar-refractivity contribution is 0.276. The minimum atomic E-state index is -0.0728. The Kier molecular flexibility index (Phi) is 9.78. The van der Waals surface area contributed by atoms with Gasteiger partial charge in [0, 0.05) is 51.6 Å². The fourth-order valence-corrected chi connectivity index (χ4v) is 11.0. The van der Waals surface area contributed by atoms with Crippen LogP contribution in [-0.4, -0.2) is 59.0 Å². The number of aliphatic hydroxyl groups is 1. The Morgan fingerprint density at radius 1 is 0.793 bits per heavy atom. The number of hydrogen-bond acceptors (Lipinski definition) is 14. The number of benzene rings is 2. The Morgan fingerprint density at radius 3 is 1.95 bits per heavy atom. The predicted octanol–water partition coefficient (Wildman–Crippen LogP) is 8.04. The van der Waals surface area contributed by atoms with Crippen LogP contribution in [0.15, 0.2) is 70.3 Å². The van der Waals surface area contributed by atoms with Gasteiger partial charge in [-0.1, -0.05) is 22.5 Å². The van der Waals surface area contributed by atoms with Gasteiger partial charge in [-0.2, -0.15) is 0 Å². The topological polar surface area (TPSA) is 200 Å². The summed E-state index contributed by atoms with van der Waals surface area (Å²) in [5.41, 5.74) is 18.8. The molecular formula is C41H38N14OS2. The highest BCUT2D eigenvalue weighted by molar-refractivity contribution is 7.19. The zero-order valence-corrected chi connectivity index (χ0v) is 33.0. The van der Waals surface area contributed by atoms with Gasteiger partial charge in [-0.05, 0) is 114 Å². The first kappa shape index (κ1) is 36.2. The quantitative estimate of drug-likeness (QED) is 0.0734. The van der Waals surface area contributed by atoms with E-state index in [0.29, 0.717) is 24.1 Å². The number of rotatable bonds is 9. The minimum Gasteiger partial charge on any atom is -0.390 e. The average molecular weight is 807 g/mol. The molecule has 17 heteroatoms. The Bertz CT molecular complexity index is 2800. The molecule has 7 aromatic rings. The summed E-state index contributed by atoms with van der Waals surface area (Å²) >= 11 is 3.51. The molecule has 3 N–H and O–H groups in total. The normalized spacial score (nSPS) is 17.3. The van der Waals surface area contributed by atoms with Crippen LogP contribution in [0.1, 0.15) is 61.7 Å². The summed E-state index contributed by atoms with van der Waals surface area (Å²) < 4.78 is 1.85. The van der Waals surface area contributed by atoms with Crippen molar-refractivity contribution in [3.8, 4) is 0 Å². The monoisotopic (exact) mass is 806 g/mol. The molecule has 7 heterocycles. The molecule has 11 rings (SSSR count). The van der Waals surface area contributed by atoms with Crippen molar-refractivity contribution < 1.29 is 5.11 Å². The molecular weight excluding hydrogens is 769 g/mol. The van der Waals surface area contributed by atoms with Crippen molar-refractivity contribution in [2.75, 3.05) is 17.2 Å². The van der Waals surface area contributed by atoms with Crippen molar-refractivity contribution in [2.45, 2.75) is 64.8 Å². The number of nitrogens with one attached hydrogen (secondary N) is 2. The number of azide groups is 1. The number of fused-ring (bicyclic) bond motifs is 8. The predicted molar refractivity (Wildman–Crippen MR) is 228 cm³/mol. The Hall–Kier alpha value is -6.13. The van der Waals surface area contributed by atoms with Gasteiger partial charge in [-0.15, -0.1) is 27.8 Å². The summed E-state index contributed by atoms with van der Waals surface area (Å²) in [6, 6.07) is 12.7. The zero-order chi connectivity index (χ0) is 39.0. The van der Waals surface area contributed by atoms with Crippen LogP contribution in [0, 0.1) is 11.8 Å². The number of aryl methyl sites for hydroxylation is 2. The molecule has 0 fully saturated rings. The molecule has 0 saturated heterocycles. The maximum atomic E-state index is 9.21. The number of thiophene rings is 2. The SMILES string of the molecule is OCc1cn(C[C@@H]2CCc3c(sc4ncnc(Nc5ccc6c(c5)C=NC6)c34)C2)nn1.[N-]=[N+]=NC[C@@H]1CCc2c(sc3ncnc(Nc4ccc5c(c4)C=NC5)c23)C1. The maximum absolute atomic E-state index is 9.21. The van der Waals surface area contributed by atoms with E-state index in [1.807, 2.05) is 23.3 Å². The summed E-state index contributed by atoms with van der Waals surface area (Å²) in [6.45, 7) is 2.84. The Labute approximate surface area is 340 Å². The van der Waals surface area contributed by atoms with E-state index >= 15 is 0 Å². The fourth-order valence-electron chi connectivity index (χ4n) is 8.41. The van der Waals surface area contributed by atoms with E-state index in [2.05, 4.69) is 97.3 Å². The van der Waals surface area contributed by atoms with Crippen LogP contribution in [0.5, 0.6) is 0 Å². The van der Waals surface area contributed by atoms with Crippen LogP contribution in [0.25, 0.3) is 30.9 Å². The van der Waals surface area contributed by atoms with Crippen molar-refractivity contribution in [1.29, 1.82) is 0 Å². The highest BCUT2D eigenvalue weighted by atomic mass is 32.1. The first-order chi connectivity index (χ1) is 28.6. The number of anilines is 4. The van der Waals surface area contributed by atoms with Crippen molar-refractivity contribution in [3.63, 3.8) is 0 Å². The van der Waals surface area contributed by atoms with E-state index in [0.717, 1.165) is 102 Å². The molecule has 0 bridgehead atoms.